The van der Waals surface area contributed by atoms with Crippen LogP contribution in [0.2, 0.25) is 0 Å². The molecule has 0 amide bonds. The molecule has 0 radical (unpaired) electrons. The molecular formula is C16H16F2N4O3S. The third-order valence-electron chi connectivity index (χ3n) is 4.70. The fourth-order valence-electron chi connectivity index (χ4n) is 3.41. The highest BCUT2D eigenvalue weighted by Gasteiger charge is 2.38. The minimum Gasteiger partial charge on any atom is -0.366 e. The van der Waals surface area contributed by atoms with Crippen molar-refractivity contribution in [2.75, 3.05) is 28.3 Å². The summed E-state index contributed by atoms with van der Waals surface area (Å²) in [6, 6.07) is 5.23. The molecule has 2 aromatic rings. The number of fused-ring (bicyclic) bond motifs is 3. The SMILES string of the molecule is O=c1nc(NCc2cccc(F)c2F)cc2n1CC1CS(=O)(=O)CCN21. The van der Waals surface area contributed by atoms with Crippen molar-refractivity contribution < 1.29 is 17.2 Å². The number of rotatable bonds is 3. The van der Waals surface area contributed by atoms with Gasteiger partial charge in [-0.15, -0.1) is 0 Å². The van der Waals surface area contributed by atoms with Crippen LogP contribution in [0.5, 0.6) is 0 Å². The molecule has 1 fully saturated rings. The van der Waals surface area contributed by atoms with Gasteiger partial charge >= 0.3 is 5.69 Å². The molecule has 1 saturated heterocycles. The number of halogens is 2. The van der Waals surface area contributed by atoms with Crippen LogP contribution in [0.15, 0.2) is 29.1 Å². The monoisotopic (exact) mass is 382 g/mol. The molecule has 0 aliphatic carbocycles. The van der Waals surface area contributed by atoms with Gasteiger partial charge in [0.15, 0.2) is 21.5 Å². The van der Waals surface area contributed by atoms with Crippen LogP contribution >= 0.6 is 0 Å². The molecule has 2 aliphatic rings. The van der Waals surface area contributed by atoms with E-state index >= 15 is 0 Å². The Bertz CT molecular complexity index is 1040. The lowest BCUT2D eigenvalue weighted by Crippen LogP contribution is -2.46. The van der Waals surface area contributed by atoms with Gasteiger partial charge in [-0.05, 0) is 6.07 Å². The average Bonchev–Trinajstić information content (AvgIpc) is 2.93. The largest absolute Gasteiger partial charge is 0.366 e. The number of nitrogens with zero attached hydrogens (tertiary/aromatic N) is 3. The van der Waals surface area contributed by atoms with Crippen LogP contribution in [0.4, 0.5) is 20.4 Å². The minimum absolute atomic E-state index is 0.00534. The number of benzene rings is 1. The van der Waals surface area contributed by atoms with Gasteiger partial charge in [0.25, 0.3) is 0 Å². The van der Waals surface area contributed by atoms with Crippen LogP contribution in [-0.4, -0.2) is 42.1 Å². The van der Waals surface area contributed by atoms with Crippen LogP contribution in [0.25, 0.3) is 0 Å². The summed E-state index contributed by atoms with van der Waals surface area (Å²) >= 11 is 0. The number of nitrogens with one attached hydrogen (secondary N) is 1. The first kappa shape index (κ1) is 17.0. The fraction of sp³-hybridized carbons (Fsp3) is 0.375. The predicted molar refractivity (Wildman–Crippen MR) is 92.0 cm³/mol. The Kier molecular flexibility index (Phi) is 3.94. The molecule has 0 bridgehead atoms. The Balaban J connectivity index is 1.59. The van der Waals surface area contributed by atoms with E-state index in [2.05, 4.69) is 10.3 Å². The molecule has 1 aromatic heterocycles. The lowest BCUT2D eigenvalue weighted by molar-refractivity contribution is 0.500. The number of aromatic nitrogens is 2. The number of sulfone groups is 1. The Hall–Kier alpha value is -2.49. The summed E-state index contributed by atoms with van der Waals surface area (Å²) in [6.07, 6.45) is 0. The molecule has 0 saturated carbocycles. The van der Waals surface area contributed by atoms with Gasteiger partial charge < -0.3 is 10.2 Å². The Labute approximate surface area is 148 Å². The smallest absolute Gasteiger partial charge is 0.351 e. The first-order chi connectivity index (χ1) is 12.3. The van der Waals surface area contributed by atoms with Crippen molar-refractivity contribution >= 4 is 21.5 Å². The molecule has 1 atom stereocenters. The van der Waals surface area contributed by atoms with E-state index in [4.69, 9.17) is 0 Å². The summed E-state index contributed by atoms with van der Waals surface area (Å²) in [5, 5.41) is 2.84. The van der Waals surface area contributed by atoms with E-state index in [1.165, 1.54) is 16.7 Å². The van der Waals surface area contributed by atoms with Crippen molar-refractivity contribution in [3.05, 3.63) is 51.9 Å². The van der Waals surface area contributed by atoms with Crippen molar-refractivity contribution in [3.63, 3.8) is 0 Å². The lowest BCUT2D eigenvalue weighted by atomic mass is 10.2. The standard InChI is InChI=1S/C16H16F2N4O3S/c17-12-3-1-2-10(15(12)18)7-19-13-6-14-21-4-5-26(24,25)9-11(21)8-22(14)16(23)20-13/h1-3,6,11H,4-5,7-9H2,(H,19,20,23). The average molecular weight is 382 g/mol. The normalized spacial score (nSPS) is 20.5. The molecule has 1 unspecified atom stereocenters. The van der Waals surface area contributed by atoms with E-state index in [1.807, 2.05) is 4.90 Å². The van der Waals surface area contributed by atoms with Gasteiger partial charge in [-0.25, -0.2) is 22.0 Å². The summed E-state index contributed by atoms with van der Waals surface area (Å²) in [5.41, 5.74) is -0.383. The molecule has 7 nitrogen and oxygen atoms in total. The third-order valence-corrected chi connectivity index (χ3v) is 6.40. The maximum absolute atomic E-state index is 13.7. The zero-order valence-electron chi connectivity index (χ0n) is 13.7. The van der Waals surface area contributed by atoms with Gasteiger partial charge in [-0.1, -0.05) is 12.1 Å². The first-order valence-corrected chi connectivity index (χ1v) is 9.92. The van der Waals surface area contributed by atoms with Crippen molar-refractivity contribution in [1.82, 2.24) is 9.55 Å². The fourth-order valence-corrected chi connectivity index (χ4v) is 4.93. The van der Waals surface area contributed by atoms with Crippen LogP contribution in [0.1, 0.15) is 5.56 Å². The number of hydrogen-bond donors (Lipinski definition) is 1. The molecular weight excluding hydrogens is 366 g/mol. The van der Waals surface area contributed by atoms with Crippen LogP contribution < -0.4 is 15.9 Å². The number of hydrogen-bond acceptors (Lipinski definition) is 6. The minimum atomic E-state index is -3.10. The summed E-state index contributed by atoms with van der Waals surface area (Å²) in [5.74, 6) is -1.02. The first-order valence-electron chi connectivity index (χ1n) is 8.10. The summed E-state index contributed by atoms with van der Waals surface area (Å²) < 4.78 is 52.1. The highest BCUT2D eigenvalue weighted by atomic mass is 32.2. The quantitative estimate of drug-likeness (QED) is 0.844. The van der Waals surface area contributed by atoms with E-state index in [1.54, 1.807) is 6.07 Å². The lowest BCUT2D eigenvalue weighted by Gasteiger charge is -2.30. The predicted octanol–water partition coefficient (Wildman–Crippen LogP) is 0.751. The summed E-state index contributed by atoms with van der Waals surface area (Å²) in [7, 11) is -3.10. The Morgan fingerprint density at radius 3 is 2.92 bits per heavy atom. The molecule has 2 aliphatic heterocycles. The van der Waals surface area contributed by atoms with E-state index in [-0.39, 0.29) is 42.0 Å². The molecule has 4 rings (SSSR count). The van der Waals surface area contributed by atoms with Gasteiger partial charge in [0.1, 0.15) is 11.6 Å². The zero-order valence-corrected chi connectivity index (χ0v) is 14.5. The van der Waals surface area contributed by atoms with Crippen LogP contribution in [0, 0.1) is 11.6 Å². The van der Waals surface area contributed by atoms with Gasteiger partial charge in [-0.2, -0.15) is 4.98 Å². The second-order valence-electron chi connectivity index (χ2n) is 6.42. The molecule has 1 aromatic carbocycles. The van der Waals surface area contributed by atoms with Gasteiger partial charge in [-0.3, -0.25) is 4.57 Å². The maximum Gasteiger partial charge on any atom is 0.351 e. The Morgan fingerprint density at radius 2 is 2.12 bits per heavy atom. The molecule has 0 spiro atoms. The van der Waals surface area contributed by atoms with E-state index in [9.17, 15) is 22.0 Å². The van der Waals surface area contributed by atoms with E-state index in [0.29, 0.717) is 12.4 Å². The highest BCUT2D eigenvalue weighted by molar-refractivity contribution is 7.91. The van der Waals surface area contributed by atoms with Crippen LogP contribution in [0.3, 0.4) is 0 Å². The van der Waals surface area contributed by atoms with E-state index < -0.39 is 27.2 Å². The molecule has 3 heterocycles. The molecule has 26 heavy (non-hydrogen) atoms. The highest BCUT2D eigenvalue weighted by Crippen LogP contribution is 2.29. The van der Waals surface area contributed by atoms with Crippen molar-refractivity contribution in [3.8, 4) is 0 Å². The van der Waals surface area contributed by atoms with Gasteiger partial charge in [0, 0.05) is 24.7 Å². The molecule has 1 N–H and O–H groups in total. The topological polar surface area (TPSA) is 84.3 Å². The Morgan fingerprint density at radius 1 is 1.31 bits per heavy atom. The second kappa shape index (κ2) is 6.04. The molecule has 10 heteroatoms. The van der Waals surface area contributed by atoms with Crippen molar-refractivity contribution in [2.24, 2.45) is 0 Å². The zero-order chi connectivity index (χ0) is 18.5. The third kappa shape index (κ3) is 2.94. The maximum atomic E-state index is 13.7. The van der Waals surface area contributed by atoms with Crippen molar-refractivity contribution in [1.29, 1.82) is 0 Å². The molecule has 138 valence electrons. The van der Waals surface area contributed by atoms with E-state index in [0.717, 1.165) is 6.07 Å². The van der Waals surface area contributed by atoms with Crippen LogP contribution in [-0.2, 0) is 22.9 Å². The van der Waals surface area contributed by atoms with Gasteiger partial charge in [0.2, 0.25) is 0 Å². The number of anilines is 2. The summed E-state index contributed by atoms with van der Waals surface area (Å²) in [4.78, 5) is 18.1. The van der Waals surface area contributed by atoms with Crippen molar-refractivity contribution in [2.45, 2.75) is 19.1 Å². The van der Waals surface area contributed by atoms with Gasteiger partial charge in [0.05, 0.1) is 24.1 Å². The summed E-state index contributed by atoms with van der Waals surface area (Å²) in [6.45, 7) is 0.560. The second-order valence-corrected chi connectivity index (χ2v) is 8.65.